The van der Waals surface area contributed by atoms with Crippen molar-refractivity contribution in [3.8, 4) is 0 Å². The minimum atomic E-state index is -1.64. The second-order valence-corrected chi connectivity index (χ2v) is 6.65. The number of anilines is 2. The summed E-state index contributed by atoms with van der Waals surface area (Å²) in [5.74, 6) is -4.34. The predicted octanol–water partition coefficient (Wildman–Crippen LogP) is 4.76. The number of rotatable bonds is 6. The monoisotopic (exact) mass is 390 g/mol. The van der Waals surface area contributed by atoms with Crippen molar-refractivity contribution >= 4 is 17.4 Å². The highest BCUT2D eigenvalue weighted by Crippen LogP contribution is 2.21. The van der Waals surface area contributed by atoms with E-state index in [2.05, 4.69) is 26.7 Å². The SMILES string of the molecule is Cc1nc(NCCC2=CCCCC2)cc(C(=O)Nc2ccc(F)c(F)c2F)n1. The summed E-state index contributed by atoms with van der Waals surface area (Å²) in [5.41, 5.74) is 0.950. The minimum Gasteiger partial charge on any atom is -0.370 e. The fourth-order valence-electron chi connectivity index (χ4n) is 3.07. The van der Waals surface area contributed by atoms with Crippen LogP contribution >= 0.6 is 0 Å². The van der Waals surface area contributed by atoms with Crippen LogP contribution in [0.3, 0.4) is 0 Å². The van der Waals surface area contributed by atoms with Gasteiger partial charge in [0.1, 0.15) is 17.3 Å². The molecular formula is C20H21F3N4O. The van der Waals surface area contributed by atoms with Gasteiger partial charge in [0.25, 0.3) is 5.91 Å². The Bertz CT molecular complexity index is 915. The highest BCUT2D eigenvalue weighted by molar-refractivity contribution is 6.03. The van der Waals surface area contributed by atoms with Gasteiger partial charge in [-0.2, -0.15) is 0 Å². The first-order valence-corrected chi connectivity index (χ1v) is 9.16. The van der Waals surface area contributed by atoms with Crippen LogP contribution in [-0.2, 0) is 0 Å². The summed E-state index contributed by atoms with van der Waals surface area (Å²) in [6, 6.07) is 3.14. The molecule has 5 nitrogen and oxygen atoms in total. The van der Waals surface area contributed by atoms with E-state index in [1.54, 1.807) is 6.92 Å². The fourth-order valence-corrected chi connectivity index (χ4v) is 3.07. The second kappa shape index (κ2) is 8.86. The van der Waals surface area contributed by atoms with Crippen LogP contribution < -0.4 is 10.6 Å². The van der Waals surface area contributed by atoms with Crippen molar-refractivity contribution in [2.24, 2.45) is 0 Å². The van der Waals surface area contributed by atoms with Crippen LogP contribution in [0.15, 0.2) is 29.8 Å². The van der Waals surface area contributed by atoms with E-state index in [-0.39, 0.29) is 5.69 Å². The Morgan fingerprint density at radius 2 is 1.96 bits per heavy atom. The van der Waals surface area contributed by atoms with Gasteiger partial charge in [-0.05, 0) is 51.2 Å². The van der Waals surface area contributed by atoms with Crippen LogP contribution in [0.2, 0.25) is 0 Å². The lowest BCUT2D eigenvalue weighted by Crippen LogP contribution is -2.17. The molecule has 148 valence electrons. The molecule has 0 fully saturated rings. The molecule has 0 saturated carbocycles. The molecule has 8 heteroatoms. The van der Waals surface area contributed by atoms with Gasteiger partial charge in [0, 0.05) is 12.6 Å². The molecule has 0 radical (unpaired) electrons. The highest BCUT2D eigenvalue weighted by Gasteiger charge is 2.17. The van der Waals surface area contributed by atoms with Crippen molar-refractivity contribution in [3.05, 3.63) is 58.8 Å². The number of aryl methyl sites for hydroxylation is 1. The first-order chi connectivity index (χ1) is 13.4. The Labute approximate surface area is 161 Å². The maximum absolute atomic E-state index is 13.8. The molecule has 1 amide bonds. The van der Waals surface area contributed by atoms with E-state index in [4.69, 9.17) is 0 Å². The molecule has 0 aliphatic heterocycles. The molecule has 0 spiro atoms. The number of benzene rings is 1. The van der Waals surface area contributed by atoms with Crippen LogP contribution in [0.5, 0.6) is 0 Å². The fraction of sp³-hybridized carbons (Fsp3) is 0.350. The number of hydrogen-bond donors (Lipinski definition) is 2. The lowest BCUT2D eigenvalue weighted by atomic mass is 9.97. The Kier molecular flexibility index (Phi) is 6.28. The van der Waals surface area contributed by atoms with Crippen molar-refractivity contribution in [3.63, 3.8) is 0 Å². The van der Waals surface area contributed by atoms with E-state index in [0.717, 1.165) is 31.4 Å². The number of halogens is 3. The van der Waals surface area contributed by atoms with E-state index in [1.807, 2.05) is 0 Å². The Morgan fingerprint density at radius 3 is 2.71 bits per heavy atom. The molecule has 0 bridgehead atoms. The van der Waals surface area contributed by atoms with E-state index in [1.165, 1.54) is 24.5 Å². The quantitative estimate of drug-likeness (QED) is 0.551. The van der Waals surface area contributed by atoms with Crippen molar-refractivity contribution in [1.29, 1.82) is 0 Å². The Hall–Kier alpha value is -2.90. The molecule has 0 atom stereocenters. The van der Waals surface area contributed by atoms with Gasteiger partial charge in [-0.15, -0.1) is 0 Å². The van der Waals surface area contributed by atoms with E-state index >= 15 is 0 Å². The lowest BCUT2D eigenvalue weighted by molar-refractivity contribution is 0.102. The van der Waals surface area contributed by atoms with Gasteiger partial charge in [-0.3, -0.25) is 4.79 Å². The molecule has 1 aliphatic carbocycles. The normalized spacial score (nSPS) is 13.8. The number of nitrogens with zero attached hydrogens (tertiary/aromatic N) is 2. The second-order valence-electron chi connectivity index (χ2n) is 6.65. The summed E-state index contributed by atoms with van der Waals surface area (Å²) in [5, 5.41) is 5.37. The smallest absolute Gasteiger partial charge is 0.274 e. The number of carbonyl (C=O) groups is 1. The van der Waals surface area contributed by atoms with Gasteiger partial charge in [-0.25, -0.2) is 23.1 Å². The average molecular weight is 390 g/mol. The number of amides is 1. The van der Waals surface area contributed by atoms with Gasteiger partial charge in [0.2, 0.25) is 0 Å². The lowest BCUT2D eigenvalue weighted by Gasteiger charge is -2.13. The van der Waals surface area contributed by atoms with Gasteiger partial charge >= 0.3 is 0 Å². The molecule has 3 rings (SSSR count). The minimum absolute atomic E-state index is 0.00369. The molecule has 2 N–H and O–H groups in total. The number of aromatic nitrogens is 2. The van der Waals surface area contributed by atoms with Crippen LogP contribution in [0.1, 0.15) is 48.4 Å². The zero-order chi connectivity index (χ0) is 20.1. The zero-order valence-electron chi connectivity index (χ0n) is 15.5. The molecule has 1 aromatic carbocycles. The molecule has 0 unspecified atom stereocenters. The average Bonchev–Trinajstić information content (AvgIpc) is 2.69. The largest absolute Gasteiger partial charge is 0.370 e. The first kappa shape index (κ1) is 19.9. The number of nitrogens with one attached hydrogen (secondary N) is 2. The summed E-state index contributed by atoms with van der Waals surface area (Å²) in [6.45, 7) is 2.30. The Balaban J connectivity index is 1.67. The molecule has 1 aromatic heterocycles. The first-order valence-electron chi connectivity index (χ1n) is 9.16. The topological polar surface area (TPSA) is 66.9 Å². The maximum atomic E-state index is 13.8. The molecular weight excluding hydrogens is 369 g/mol. The number of carbonyl (C=O) groups excluding carboxylic acids is 1. The van der Waals surface area contributed by atoms with Crippen molar-refractivity contribution in [1.82, 2.24) is 9.97 Å². The summed E-state index contributed by atoms with van der Waals surface area (Å²) in [7, 11) is 0. The van der Waals surface area contributed by atoms with Crippen molar-refractivity contribution in [2.45, 2.75) is 39.0 Å². The van der Waals surface area contributed by atoms with E-state index in [9.17, 15) is 18.0 Å². The Morgan fingerprint density at radius 1 is 1.14 bits per heavy atom. The third-order valence-electron chi connectivity index (χ3n) is 4.49. The summed E-state index contributed by atoms with van der Waals surface area (Å²) in [4.78, 5) is 20.6. The van der Waals surface area contributed by atoms with Crippen molar-refractivity contribution in [2.75, 3.05) is 17.2 Å². The third kappa shape index (κ3) is 4.88. The van der Waals surface area contributed by atoms with Gasteiger partial charge in [0.15, 0.2) is 17.5 Å². The molecule has 2 aromatic rings. The van der Waals surface area contributed by atoms with Gasteiger partial charge < -0.3 is 10.6 Å². The van der Waals surface area contributed by atoms with E-state index in [0.29, 0.717) is 18.2 Å². The molecule has 28 heavy (non-hydrogen) atoms. The standard InChI is InChI=1S/C20H21F3N4O/c1-12-25-16(20(28)27-15-8-7-14(21)18(22)19(15)23)11-17(26-12)24-10-9-13-5-3-2-4-6-13/h5,7-8,11H,2-4,6,9-10H2,1H3,(H,27,28)(H,24,25,26). The zero-order valence-corrected chi connectivity index (χ0v) is 15.5. The summed E-state index contributed by atoms with van der Waals surface area (Å²) in [6.07, 6.45) is 7.84. The highest BCUT2D eigenvalue weighted by atomic mass is 19.2. The van der Waals surface area contributed by atoms with Crippen LogP contribution in [0, 0.1) is 24.4 Å². The molecule has 1 aliphatic rings. The van der Waals surface area contributed by atoms with E-state index < -0.39 is 29.0 Å². The van der Waals surface area contributed by atoms with Crippen LogP contribution in [0.25, 0.3) is 0 Å². The molecule has 1 heterocycles. The number of allylic oxidation sites excluding steroid dienone is 1. The van der Waals surface area contributed by atoms with Crippen LogP contribution in [0.4, 0.5) is 24.7 Å². The van der Waals surface area contributed by atoms with Crippen LogP contribution in [-0.4, -0.2) is 22.4 Å². The summed E-state index contributed by atoms with van der Waals surface area (Å²) < 4.78 is 40.1. The third-order valence-corrected chi connectivity index (χ3v) is 4.49. The number of hydrogen-bond acceptors (Lipinski definition) is 4. The van der Waals surface area contributed by atoms with Crippen molar-refractivity contribution < 1.29 is 18.0 Å². The van der Waals surface area contributed by atoms with Gasteiger partial charge in [0.05, 0.1) is 5.69 Å². The predicted molar refractivity (Wildman–Crippen MR) is 101 cm³/mol. The summed E-state index contributed by atoms with van der Waals surface area (Å²) >= 11 is 0. The molecule has 0 saturated heterocycles. The van der Waals surface area contributed by atoms with Gasteiger partial charge in [-0.1, -0.05) is 11.6 Å². The maximum Gasteiger partial charge on any atom is 0.274 e.